The van der Waals surface area contributed by atoms with E-state index < -0.39 is 11.1 Å². The third kappa shape index (κ3) is 4.32. The highest BCUT2D eigenvalue weighted by Gasteiger charge is 2.20. The Morgan fingerprint density at radius 2 is 1.86 bits per heavy atom. The van der Waals surface area contributed by atoms with E-state index in [-0.39, 0.29) is 11.4 Å². The SMILES string of the molecule is O=C(Oc1ccc([N+](=O)[O-])cc1)Oc1ccc2c(c1)CCN2Cc1cccnc1. The number of fused-ring (bicyclic) bond motifs is 1. The molecule has 1 aromatic heterocycles. The van der Waals surface area contributed by atoms with Gasteiger partial charge in [-0.1, -0.05) is 6.07 Å². The minimum absolute atomic E-state index is 0.0832. The Balaban J connectivity index is 1.39. The first-order valence-electron chi connectivity index (χ1n) is 8.99. The van der Waals surface area contributed by atoms with Gasteiger partial charge in [-0.25, -0.2) is 4.79 Å². The lowest BCUT2D eigenvalue weighted by molar-refractivity contribution is -0.384. The third-order valence-corrected chi connectivity index (χ3v) is 4.59. The highest BCUT2D eigenvalue weighted by Crippen LogP contribution is 2.32. The van der Waals surface area contributed by atoms with Gasteiger partial charge in [0.05, 0.1) is 4.92 Å². The van der Waals surface area contributed by atoms with E-state index in [4.69, 9.17) is 9.47 Å². The van der Waals surface area contributed by atoms with Crippen molar-refractivity contribution < 1.29 is 19.2 Å². The number of nitrogens with zero attached hydrogens (tertiary/aromatic N) is 3. The van der Waals surface area contributed by atoms with Gasteiger partial charge < -0.3 is 14.4 Å². The Bertz CT molecular complexity index is 1040. The predicted octanol–water partition coefficient (Wildman–Crippen LogP) is 4.13. The number of anilines is 1. The van der Waals surface area contributed by atoms with Crippen molar-refractivity contribution in [3.05, 3.63) is 88.2 Å². The van der Waals surface area contributed by atoms with Crippen LogP contribution < -0.4 is 14.4 Å². The van der Waals surface area contributed by atoms with Crippen molar-refractivity contribution in [1.82, 2.24) is 4.98 Å². The molecule has 8 heteroatoms. The van der Waals surface area contributed by atoms with E-state index in [9.17, 15) is 14.9 Å². The van der Waals surface area contributed by atoms with Crippen LogP contribution in [-0.2, 0) is 13.0 Å². The zero-order valence-electron chi connectivity index (χ0n) is 15.4. The summed E-state index contributed by atoms with van der Waals surface area (Å²) in [5.74, 6) is 0.559. The van der Waals surface area contributed by atoms with Gasteiger partial charge >= 0.3 is 6.16 Å². The van der Waals surface area contributed by atoms with Crippen LogP contribution in [0.5, 0.6) is 11.5 Å². The van der Waals surface area contributed by atoms with Gasteiger partial charge in [0.1, 0.15) is 11.5 Å². The summed E-state index contributed by atoms with van der Waals surface area (Å²) in [6.07, 6.45) is 3.55. The maximum atomic E-state index is 12.0. The molecule has 0 bridgehead atoms. The lowest BCUT2D eigenvalue weighted by Crippen LogP contribution is -2.19. The highest BCUT2D eigenvalue weighted by atomic mass is 16.7. The van der Waals surface area contributed by atoms with Crippen molar-refractivity contribution in [3.63, 3.8) is 0 Å². The van der Waals surface area contributed by atoms with Gasteiger partial charge in [0.25, 0.3) is 5.69 Å². The van der Waals surface area contributed by atoms with Crippen LogP contribution in [0.15, 0.2) is 67.0 Å². The highest BCUT2D eigenvalue weighted by molar-refractivity contribution is 5.69. The molecule has 0 N–H and O–H groups in total. The molecule has 2 heterocycles. The Hall–Kier alpha value is -3.94. The first-order valence-corrected chi connectivity index (χ1v) is 8.99. The number of pyridine rings is 1. The van der Waals surface area contributed by atoms with Gasteiger partial charge in [-0.15, -0.1) is 0 Å². The second-order valence-electron chi connectivity index (χ2n) is 6.53. The summed E-state index contributed by atoms with van der Waals surface area (Å²) < 4.78 is 10.3. The molecule has 0 aliphatic carbocycles. The van der Waals surface area contributed by atoms with Crippen molar-refractivity contribution in [2.24, 2.45) is 0 Å². The number of carbonyl (C=O) groups excluding carboxylic acids is 1. The maximum Gasteiger partial charge on any atom is 0.519 e. The minimum atomic E-state index is -0.899. The topological polar surface area (TPSA) is 94.8 Å². The fourth-order valence-electron chi connectivity index (χ4n) is 3.24. The molecule has 2 aromatic carbocycles. The quantitative estimate of drug-likeness (QED) is 0.279. The Labute approximate surface area is 166 Å². The van der Waals surface area contributed by atoms with Gasteiger partial charge in [0, 0.05) is 43.3 Å². The van der Waals surface area contributed by atoms with Crippen molar-refractivity contribution in [1.29, 1.82) is 0 Å². The average molecular weight is 391 g/mol. The largest absolute Gasteiger partial charge is 0.519 e. The van der Waals surface area contributed by atoms with E-state index in [0.29, 0.717) is 5.75 Å². The summed E-state index contributed by atoms with van der Waals surface area (Å²) in [7, 11) is 0. The third-order valence-electron chi connectivity index (χ3n) is 4.59. The summed E-state index contributed by atoms with van der Waals surface area (Å²) >= 11 is 0. The molecule has 1 aliphatic rings. The standard InChI is InChI=1S/C21H17N3O5/c25-21(28-18-5-3-17(4-6-18)24(26)27)29-19-7-8-20-16(12-19)9-11-23(20)14-15-2-1-10-22-13-15/h1-8,10,12-13H,9,11,14H2. The van der Waals surface area contributed by atoms with Crippen LogP contribution in [-0.4, -0.2) is 22.6 Å². The molecule has 0 radical (unpaired) electrons. The van der Waals surface area contributed by atoms with E-state index in [1.807, 2.05) is 30.5 Å². The lowest BCUT2D eigenvalue weighted by atomic mass is 10.1. The van der Waals surface area contributed by atoms with Gasteiger partial charge in [0.15, 0.2) is 0 Å². The summed E-state index contributed by atoms with van der Waals surface area (Å²) in [6, 6.07) is 14.6. The van der Waals surface area contributed by atoms with Gasteiger partial charge in [-0.2, -0.15) is 0 Å². The smallest absolute Gasteiger partial charge is 0.395 e. The number of nitro benzene ring substituents is 1. The molecule has 0 spiro atoms. The molecule has 0 saturated carbocycles. The fourth-order valence-corrected chi connectivity index (χ4v) is 3.24. The molecule has 1 aliphatic heterocycles. The molecule has 4 rings (SSSR count). The first kappa shape index (κ1) is 18.4. The Morgan fingerprint density at radius 1 is 1.10 bits per heavy atom. The number of rotatable bonds is 5. The number of non-ortho nitro benzene ring substituents is 1. The molecular weight excluding hydrogens is 374 g/mol. The number of hydrogen-bond acceptors (Lipinski definition) is 7. The van der Waals surface area contributed by atoms with Crippen molar-refractivity contribution >= 4 is 17.5 Å². The summed E-state index contributed by atoms with van der Waals surface area (Å²) in [5.41, 5.74) is 3.24. The molecule has 8 nitrogen and oxygen atoms in total. The lowest BCUT2D eigenvalue weighted by Gasteiger charge is -2.19. The maximum absolute atomic E-state index is 12.0. The number of hydrogen-bond donors (Lipinski definition) is 0. The molecule has 29 heavy (non-hydrogen) atoms. The number of aromatic nitrogens is 1. The average Bonchev–Trinajstić information content (AvgIpc) is 3.11. The van der Waals surface area contributed by atoms with Crippen LogP contribution in [0.1, 0.15) is 11.1 Å². The van der Waals surface area contributed by atoms with E-state index in [2.05, 4.69) is 9.88 Å². The molecular formula is C21H17N3O5. The first-order chi connectivity index (χ1) is 14.1. The van der Waals surface area contributed by atoms with Gasteiger partial charge in [-0.05, 0) is 53.9 Å². The molecule has 0 unspecified atom stereocenters. The molecule has 3 aromatic rings. The van der Waals surface area contributed by atoms with Crippen molar-refractivity contribution in [2.75, 3.05) is 11.4 Å². The van der Waals surface area contributed by atoms with Crippen LogP contribution in [0.4, 0.5) is 16.2 Å². The number of nitro groups is 1. The van der Waals surface area contributed by atoms with Gasteiger partial charge in [0.2, 0.25) is 0 Å². The summed E-state index contributed by atoms with van der Waals surface area (Å²) in [6.45, 7) is 1.64. The molecule has 146 valence electrons. The molecule has 0 amide bonds. The zero-order chi connectivity index (χ0) is 20.2. The summed E-state index contributed by atoms with van der Waals surface area (Å²) in [4.78, 5) is 28.5. The Kier molecular flexibility index (Phi) is 5.07. The second-order valence-corrected chi connectivity index (χ2v) is 6.53. The van der Waals surface area contributed by atoms with Crippen LogP contribution in [0.3, 0.4) is 0 Å². The van der Waals surface area contributed by atoms with E-state index in [1.54, 1.807) is 12.3 Å². The van der Waals surface area contributed by atoms with Crippen LogP contribution >= 0.6 is 0 Å². The molecule has 0 saturated heterocycles. The predicted molar refractivity (Wildman–Crippen MR) is 105 cm³/mol. The number of benzene rings is 2. The van der Waals surface area contributed by atoms with E-state index >= 15 is 0 Å². The monoisotopic (exact) mass is 391 g/mol. The molecule has 0 fully saturated rings. The normalized spacial score (nSPS) is 12.3. The summed E-state index contributed by atoms with van der Waals surface area (Å²) in [5, 5.41) is 10.7. The van der Waals surface area contributed by atoms with E-state index in [1.165, 1.54) is 24.3 Å². The van der Waals surface area contributed by atoms with Crippen LogP contribution in [0.2, 0.25) is 0 Å². The zero-order valence-corrected chi connectivity index (χ0v) is 15.4. The number of ether oxygens (including phenoxy) is 2. The van der Waals surface area contributed by atoms with Crippen molar-refractivity contribution in [3.8, 4) is 11.5 Å². The molecule has 0 atom stereocenters. The second kappa shape index (κ2) is 7.97. The minimum Gasteiger partial charge on any atom is -0.395 e. The van der Waals surface area contributed by atoms with Crippen LogP contribution in [0, 0.1) is 10.1 Å². The Morgan fingerprint density at radius 3 is 2.59 bits per heavy atom. The fraction of sp³-hybridized carbons (Fsp3) is 0.143. The van der Waals surface area contributed by atoms with Gasteiger partial charge in [-0.3, -0.25) is 15.1 Å². The van der Waals surface area contributed by atoms with E-state index in [0.717, 1.165) is 36.3 Å². The number of carbonyl (C=O) groups is 1. The van der Waals surface area contributed by atoms with Crippen molar-refractivity contribution in [2.45, 2.75) is 13.0 Å². The van der Waals surface area contributed by atoms with Crippen LogP contribution in [0.25, 0.3) is 0 Å².